The molecule has 0 aliphatic carbocycles. The summed E-state index contributed by atoms with van der Waals surface area (Å²) in [5.41, 5.74) is -0.118. The lowest BCUT2D eigenvalue weighted by atomic mass is 10.1. The van der Waals surface area contributed by atoms with Crippen molar-refractivity contribution in [2.45, 2.75) is 13.0 Å². The Morgan fingerprint density at radius 3 is 2.28 bits per heavy atom. The van der Waals surface area contributed by atoms with Gasteiger partial charge in [0.2, 0.25) is 0 Å². The molecule has 6 nitrogen and oxygen atoms in total. The Balaban J connectivity index is 2.91. The summed E-state index contributed by atoms with van der Waals surface area (Å²) in [6.07, 6.45) is 0. The van der Waals surface area contributed by atoms with Gasteiger partial charge in [0.05, 0.1) is 18.2 Å². The van der Waals surface area contributed by atoms with Crippen LogP contribution in [0.3, 0.4) is 0 Å². The molecule has 0 saturated carbocycles. The molecule has 1 rings (SSSR count). The molecule has 0 unspecified atom stereocenters. The second kappa shape index (κ2) is 5.81. The largest absolute Gasteiger partial charge is 0.478 e. The molecule has 2 N–H and O–H groups in total. The Labute approximate surface area is 104 Å². The second-order valence-electron chi connectivity index (χ2n) is 3.57. The Kier molecular flexibility index (Phi) is 4.42. The van der Waals surface area contributed by atoms with Crippen LogP contribution in [0.15, 0.2) is 24.3 Å². The number of hydrogen-bond donors (Lipinski definition) is 2. The average molecular weight is 251 g/mol. The molecule has 1 aromatic rings. The number of carboxylic acid groups (broad SMARTS) is 1. The summed E-state index contributed by atoms with van der Waals surface area (Å²) in [5, 5.41) is 11.3. The van der Waals surface area contributed by atoms with E-state index in [1.165, 1.54) is 32.2 Å². The lowest BCUT2D eigenvalue weighted by Crippen LogP contribution is -2.39. The fraction of sp³-hybridized carbons (Fsp3) is 0.250. The van der Waals surface area contributed by atoms with E-state index in [1.807, 2.05) is 0 Å². The van der Waals surface area contributed by atoms with E-state index in [-0.39, 0.29) is 11.1 Å². The molecule has 6 heteroatoms. The van der Waals surface area contributed by atoms with E-state index in [4.69, 9.17) is 5.11 Å². The number of carboxylic acids is 1. The number of amides is 1. The highest BCUT2D eigenvalue weighted by molar-refractivity contribution is 6.05. The number of carbonyl (C=O) groups is 3. The highest BCUT2D eigenvalue weighted by Gasteiger charge is 2.20. The number of aromatic carboxylic acids is 1. The Morgan fingerprint density at radius 1 is 1.22 bits per heavy atom. The fourth-order valence-electron chi connectivity index (χ4n) is 1.38. The minimum atomic E-state index is -1.20. The van der Waals surface area contributed by atoms with Crippen LogP contribution < -0.4 is 5.32 Å². The van der Waals surface area contributed by atoms with Gasteiger partial charge in [0.25, 0.3) is 5.91 Å². The molecule has 0 radical (unpaired) electrons. The normalized spacial score (nSPS) is 11.4. The number of esters is 1. The summed E-state index contributed by atoms with van der Waals surface area (Å²) in [4.78, 5) is 33.9. The molecule has 0 saturated heterocycles. The van der Waals surface area contributed by atoms with Gasteiger partial charge in [-0.15, -0.1) is 0 Å². The van der Waals surface area contributed by atoms with Crippen LogP contribution in [0.2, 0.25) is 0 Å². The number of ether oxygens (including phenoxy) is 1. The van der Waals surface area contributed by atoms with E-state index in [0.29, 0.717) is 0 Å². The molecule has 0 aliphatic heterocycles. The first-order valence-corrected chi connectivity index (χ1v) is 5.18. The van der Waals surface area contributed by atoms with Crippen LogP contribution in [-0.2, 0) is 9.53 Å². The van der Waals surface area contributed by atoms with E-state index in [2.05, 4.69) is 10.1 Å². The van der Waals surface area contributed by atoms with Crippen LogP contribution in [-0.4, -0.2) is 36.1 Å². The molecule has 0 aromatic heterocycles. The zero-order valence-electron chi connectivity index (χ0n) is 9.97. The minimum Gasteiger partial charge on any atom is -0.478 e. The van der Waals surface area contributed by atoms with Crippen molar-refractivity contribution >= 4 is 17.8 Å². The van der Waals surface area contributed by atoms with Gasteiger partial charge in [0.1, 0.15) is 6.04 Å². The maximum atomic E-state index is 11.8. The first kappa shape index (κ1) is 13.7. The summed E-state index contributed by atoms with van der Waals surface area (Å²) < 4.78 is 4.46. The fourth-order valence-corrected chi connectivity index (χ4v) is 1.38. The van der Waals surface area contributed by atoms with Crippen molar-refractivity contribution in [3.63, 3.8) is 0 Å². The van der Waals surface area contributed by atoms with Crippen LogP contribution in [0.25, 0.3) is 0 Å². The van der Waals surface area contributed by atoms with E-state index < -0.39 is 23.9 Å². The van der Waals surface area contributed by atoms with Crippen molar-refractivity contribution < 1.29 is 24.2 Å². The predicted molar refractivity (Wildman–Crippen MR) is 62.3 cm³/mol. The van der Waals surface area contributed by atoms with Crippen molar-refractivity contribution in [1.82, 2.24) is 5.32 Å². The Morgan fingerprint density at radius 2 is 1.78 bits per heavy atom. The number of hydrogen-bond acceptors (Lipinski definition) is 4. The molecule has 0 aliphatic rings. The SMILES string of the molecule is COC(=O)[C@H](C)NC(=O)c1ccccc1C(=O)O. The number of carbonyl (C=O) groups excluding carboxylic acids is 2. The van der Waals surface area contributed by atoms with E-state index in [1.54, 1.807) is 6.07 Å². The number of benzene rings is 1. The maximum Gasteiger partial charge on any atom is 0.336 e. The molecule has 1 amide bonds. The third-order valence-corrected chi connectivity index (χ3v) is 2.30. The molecule has 96 valence electrons. The van der Waals surface area contributed by atoms with E-state index in [0.717, 1.165) is 0 Å². The predicted octanol–water partition coefficient (Wildman–Crippen LogP) is 0.676. The quantitative estimate of drug-likeness (QED) is 0.767. The van der Waals surface area contributed by atoms with Gasteiger partial charge in [-0.2, -0.15) is 0 Å². The van der Waals surface area contributed by atoms with Gasteiger partial charge in [-0.05, 0) is 19.1 Å². The van der Waals surface area contributed by atoms with Crippen molar-refractivity contribution in [3.05, 3.63) is 35.4 Å². The molecular formula is C12H13NO5. The summed E-state index contributed by atoms with van der Waals surface area (Å²) in [6.45, 7) is 1.45. The molecular weight excluding hydrogens is 238 g/mol. The number of methoxy groups -OCH3 is 1. The van der Waals surface area contributed by atoms with Crippen LogP contribution in [0.1, 0.15) is 27.6 Å². The first-order valence-electron chi connectivity index (χ1n) is 5.18. The molecule has 0 heterocycles. The maximum absolute atomic E-state index is 11.8. The van der Waals surface area contributed by atoms with E-state index >= 15 is 0 Å². The Hall–Kier alpha value is -2.37. The van der Waals surface area contributed by atoms with Crippen molar-refractivity contribution in [2.24, 2.45) is 0 Å². The smallest absolute Gasteiger partial charge is 0.336 e. The lowest BCUT2D eigenvalue weighted by molar-refractivity contribution is -0.142. The minimum absolute atomic E-state index is 0.000697. The monoisotopic (exact) mass is 251 g/mol. The summed E-state index contributed by atoms with van der Waals surface area (Å²) in [5.74, 6) is -2.44. The molecule has 0 spiro atoms. The topological polar surface area (TPSA) is 92.7 Å². The zero-order valence-corrected chi connectivity index (χ0v) is 9.97. The summed E-state index contributed by atoms with van der Waals surface area (Å²) >= 11 is 0. The molecule has 0 bridgehead atoms. The van der Waals surface area contributed by atoms with Crippen LogP contribution >= 0.6 is 0 Å². The lowest BCUT2D eigenvalue weighted by Gasteiger charge is -2.12. The van der Waals surface area contributed by atoms with Crippen molar-refractivity contribution in [1.29, 1.82) is 0 Å². The third-order valence-electron chi connectivity index (χ3n) is 2.30. The molecule has 18 heavy (non-hydrogen) atoms. The number of rotatable bonds is 4. The van der Waals surface area contributed by atoms with Crippen LogP contribution in [0, 0.1) is 0 Å². The van der Waals surface area contributed by atoms with E-state index in [9.17, 15) is 14.4 Å². The summed E-state index contributed by atoms with van der Waals surface area (Å²) in [7, 11) is 1.20. The molecule has 0 fully saturated rings. The highest BCUT2D eigenvalue weighted by Crippen LogP contribution is 2.09. The van der Waals surface area contributed by atoms with Gasteiger partial charge < -0.3 is 15.2 Å². The highest BCUT2D eigenvalue weighted by atomic mass is 16.5. The van der Waals surface area contributed by atoms with Crippen molar-refractivity contribution in [3.8, 4) is 0 Å². The number of nitrogens with one attached hydrogen (secondary N) is 1. The average Bonchev–Trinajstić information content (AvgIpc) is 2.37. The first-order chi connectivity index (χ1) is 8.47. The third kappa shape index (κ3) is 3.07. The second-order valence-corrected chi connectivity index (χ2v) is 3.57. The van der Waals surface area contributed by atoms with Gasteiger partial charge in [-0.25, -0.2) is 9.59 Å². The van der Waals surface area contributed by atoms with Crippen LogP contribution in [0.4, 0.5) is 0 Å². The summed E-state index contributed by atoms with van der Waals surface area (Å²) in [6, 6.07) is 4.92. The van der Waals surface area contributed by atoms with Gasteiger partial charge in [-0.3, -0.25) is 4.79 Å². The standard InChI is InChI=1S/C12H13NO5/c1-7(12(17)18-2)13-10(14)8-5-3-4-6-9(8)11(15)16/h3-7H,1-2H3,(H,13,14)(H,15,16)/t7-/m0/s1. The molecule has 1 aromatic carbocycles. The van der Waals surface area contributed by atoms with Gasteiger partial charge >= 0.3 is 11.9 Å². The van der Waals surface area contributed by atoms with Gasteiger partial charge in [0, 0.05) is 0 Å². The Bertz CT molecular complexity index is 483. The van der Waals surface area contributed by atoms with Crippen molar-refractivity contribution in [2.75, 3.05) is 7.11 Å². The van der Waals surface area contributed by atoms with Crippen LogP contribution in [0.5, 0.6) is 0 Å². The molecule has 1 atom stereocenters. The van der Waals surface area contributed by atoms with Gasteiger partial charge in [0.15, 0.2) is 0 Å². The zero-order chi connectivity index (χ0) is 13.7. The van der Waals surface area contributed by atoms with Gasteiger partial charge in [-0.1, -0.05) is 12.1 Å².